The number of ketones is 1. The summed E-state index contributed by atoms with van der Waals surface area (Å²) in [5.41, 5.74) is 3.80. The lowest BCUT2D eigenvalue weighted by molar-refractivity contribution is -0.118. The van der Waals surface area contributed by atoms with E-state index in [1.165, 1.54) is 5.56 Å². The van der Waals surface area contributed by atoms with E-state index in [4.69, 9.17) is 0 Å². The van der Waals surface area contributed by atoms with Crippen LogP contribution in [0.2, 0.25) is 0 Å². The van der Waals surface area contributed by atoms with Crippen molar-refractivity contribution in [2.75, 3.05) is 13.1 Å². The summed E-state index contributed by atoms with van der Waals surface area (Å²) in [6.45, 7) is 6.32. The average molecular weight is 417 g/mol. The van der Waals surface area contributed by atoms with Crippen molar-refractivity contribution in [2.24, 2.45) is 0 Å². The molecule has 0 spiro atoms. The smallest absolute Gasteiger partial charge is 0.292 e. The second-order valence-electron chi connectivity index (χ2n) is 8.13. The largest absolute Gasteiger partial charge is 0.346 e. The van der Waals surface area contributed by atoms with E-state index in [-0.39, 0.29) is 6.04 Å². The molecule has 0 aliphatic carbocycles. The number of nitrogens with zero attached hydrogens (tertiary/aromatic N) is 3. The molecule has 1 aliphatic heterocycles. The number of benzene rings is 2. The molecule has 6 heteroatoms. The quantitative estimate of drug-likeness (QED) is 0.494. The summed E-state index contributed by atoms with van der Waals surface area (Å²) in [4.78, 5) is 28.0. The minimum absolute atomic E-state index is 0.0215. The average Bonchev–Trinajstić information content (AvgIpc) is 3.09. The summed E-state index contributed by atoms with van der Waals surface area (Å²) in [6.07, 6.45) is 1.68. The minimum Gasteiger partial charge on any atom is -0.346 e. The molecule has 4 rings (SSSR count). The lowest BCUT2D eigenvalue weighted by atomic mass is 10.0. The van der Waals surface area contributed by atoms with E-state index in [9.17, 15) is 9.59 Å². The third kappa shape index (κ3) is 4.75. The number of piperidine rings is 1. The Hall–Kier alpha value is -3.25. The van der Waals surface area contributed by atoms with Gasteiger partial charge in [-0.3, -0.25) is 14.5 Å². The number of nitrogens with one attached hydrogen (secondary N) is 1. The topological polar surface area (TPSA) is 67.2 Å². The van der Waals surface area contributed by atoms with Crippen molar-refractivity contribution >= 4 is 11.7 Å². The molecule has 1 amide bonds. The predicted molar refractivity (Wildman–Crippen MR) is 120 cm³/mol. The lowest BCUT2D eigenvalue weighted by Gasteiger charge is -2.32. The molecule has 0 radical (unpaired) electrons. The van der Waals surface area contributed by atoms with Crippen LogP contribution in [-0.4, -0.2) is 45.5 Å². The molecule has 6 nitrogen and oxygen atoms in total. The summed E-state index contributed by atoms with van der Waals surface area (Å²) >= 11 is 0. The van der Waals surface area contributed by atoms with Crippen LogP contribution in [0.3, 0.4) is 0 Å². The van der Waals surface area contributed by atoms with Crippen LogP contribution in [0, 0.1) is 13.8 Å². The van der Waals surface area contributed by atoms with E-state index < -0.39 is 11.7 Å². The SMILES string of the molecule is Cc1nn(-c2ccccc2)c(C)c1C(=O)C(=O)NC1CCN(Cc2ccccc2)CC1. The Morgan fingerprint density at radius 1 is 0.968 bits per heavy atom. The van der Waals surface area contributed by atoms with Gasteiger partial charge in [-0.1, -0.05) is 48.5 Å². The van der Waals surface area contributed by atoms with Gasteiger partial charge in [0.05, 0.1) is 22.6 Å². The third-order valence-corrected chi connectivity index (χ3v) is 5.90. The Bertz CT molecular complexity index is 1050. The van der Waals surface area contributed by atoms with E-state index >= 15 is 0 Å². The van der Waals surface area contributed by atoms with Crippen LogP contribution in [0.1, 0.15) is 40.2 Å². The van der Waals surface area contributed by atoms with Crippen molar-refractivity contribution in [3.8, 4) is 5.69 Å². The molecular weight excluding hydrogens is 388 g/mol. The first-order valence-electron chi connectivity index (χ1n) is 10.8. The molecule has 1 fully saturated rings. The van der Waals surface area contributed by atoms with Crippen molar-refractivity contribution < 1.29 is 9.59 Å². The van der Waals surface area contributed by atoms with Crippen molar-refractivity contribution in [1.29, 1.82) is 0 Å². The molecule has 0 bridgehead atoms. The molecule has 2 aromatic carbocycles. The van der Waals surface area contributed by atoms with Gasteiger partial charge in [-0.2, -0.15) is 5.10 Å². The molecule has 31 heavy (non-hydrogen) atoms. The fourth-order valence-corrected chi connectivity index (χ4v) is 4.23. The molecule has 0 saturated carbocycles. The molecule has 0 atom stereocenters. The maximum Gasteiger partial charge on any atom is 0.292 e. The number of aromatic nitrogens is 2. The number of likely N-dealkylation sites (tertiary alicyclic amines) is 1. The number of hydrogen-bond donors (Lipinski definition) is 1. The highest BCUT2D eigenvalue weighted by molar-refractivity contribution is 6.43. The highest BCUT2D eigenvalue weighted by Crippen LogP contribution is 2.19. The number of para-hydroxylation sites is 1. The monoisotopic (exact) mass is 416 g/mol. The van der Waals surface area contributed by atoms with Crippen LogP contribution in [0.25, 0.3) is 5.69 Å². The number of amides is 1. The molecule has 1 aliphatic rings. The van der Waals surface area contributed by atoms with Crippen LogP contribution in [0.15, 0.2) is 60.7 Å². The maximum absolute atomic E-state index is 12.9. The Balaban J connectivity index is 1.36. The molecule has 3 aromatic rings. The Morgan fingerprint density at radius 2 is 1.58 bits per heavy atom. The number of carbonyl (C=O) groups excluding carboxylic acids is 2. The van der Waals surface area contributed by atoms with Gasteiger partial charge in [0.15, 0.2) is 0 Å². The second kappa shape index (κ2) is 9.27. The molecule has 1 N–H and O–H groups in total. The highest BCUT2D eigenvalue weighted by atomic mass is 16.2. The van der Waals surface area contributed by atoms with Gasteiger partial charge in [0.25, 0.3) is 11.7 Å². The van der Waals surface area contributed by atoms with Crippen LogP contribution in [0.4, 0.5) is 0 Å². The van der Waals surface area contributed by atoms with Gasteiger partial charge in [0.2, 0.25) is 0 Å². The van der Waals surface area contributed by atoms with E-state index in [1.54, 1.807) is 11.6 Å². The summed E-state index contributed by atoms with van der Waals surface area (Å²) in [5.74, 6) is -1.05. The molecule has 1 saturated heterocycles. The first kappa shape index (κ1) is 21.0. The minimum atomic E-state index is -0.541. The second-order valence-corrected chi connectivity index (χ2v) is 8.13. The zero-order valence-electron chi connectivity index (χ0n) is 18.0. The Kier molecular flexibility index (Phi) is 6.28. The maximum atomic E-state index is 12.9. The van der Waals surface area contributed by atoms with Gasteiger partial charge in [-0.15, -0.1) is 0 Å². The first-order valence-corrected chi connectivity index (χ1v) is 10.8. The van der Waals surface area contributed by atoms with Gasteiger partial charge in [-0.05, 0) is 44.4 Å². The van der Waals surface area contributed by atoms with Crippen molar-refractivity contribution in [3.63, 3.8) is 0 Å². The molecular formula is C25H28N4O2. The number of aryl methyl sites for hydroxylation is 1. The number of Topliss-reactive ketones (excluding diaryl/α,β-unsaturated/α-hetero) is 1. The van der Waals surface area contributed by atoms with Gasteiger partial charge in [-0.25, -0.2) is 4.68 Å². The van der Waals surface area contributed by atoms with E-state index in [0.29, 0.717) is 17.0 Å². The van der Waals surface area contributed by atoms with Crippen molar-refractivity contribution in [3.05, 3.63) is 83.2 Å². The summed E-state index contributed by atoms with van der Waals surface area (Å²) in [7, 11) is 0. The molecule has 160 valence electrons. The number of rotatable bonds is 6. The number of hydrogen-bond acceptors (Lipinski definition) is 4. The van der Waals surface area contributed by atoms with Gasteiger partial charge < -0.3 is 5.32 Å². The molecule has 1 aromatic heterocycles. The van der Waals surface area contributed by atoms with Gasteiger partial charge in [0, 0.05) is 25.7 Å². The van der Waals surface area contributed by atoms with Crippen LogP contribution in [-0.2, 0) is 11.3 Å². The van der Waals surface area contributed by atoms with Gasteiger partial charge in [0.1, 0.15) is 0 Å². The normalized spacial score (nSPS) is 15.0. The zero-order chi connectivity index (χ0) is 21.8. The van der Waals surface area contributed by atoms with Crippen LogP contribution < -0.4 is 5.32 Å². The summed E-state index contributed by atoms with van der Waals surface area (Å²) in [5, 5.41) is 7.44. The Labute approximate surface area is 182 Å². The summed E-state index contributed by atoms with van der Waals surface area (Å²) in [6, 6.07) is 20.0. The fourth-order valence-electron chi connectivity index (χ4n) is 4.23. The summed E-state index contributed by atoms with van der Waals surface area (Å²) < 4.78 is 1.72. The van der Waals surface area contributed by atoms with Crippen molar-refractivity contribution in [1.82, 2.24) is 20.0 Å². The fraction of sp³-hybridized carbons (Fsp3) is 0.320. The van der Waals surface area contributed by atoms with Crippen molar-refractivity contribution in [2.45, 2.75) is 39.3 Å². The standard InChI is InChI=1S/C25H28N4O2/c1-18-23(19(2)29(27-18)22-11-7-4-8-12-22)24(30)25(31)26-21-13-15-28(16-14-21)17-20-9-5-3-6-10-20/h3-12,21H,13-17H2,1-2H3,(H,26,31). The van der Waals surface area contributed by atoms with Crippen LogP contribution >= 0.6 is 0 Å². The first-order chi connectivity index (χ1) is 15.0. The Morgan fingerprint density at radius 3 is 2.23 bits per heavy atom. The van der Waals surface area contributed by atoms with E-state index in [2.05, 4.69) is 39.6 Å². The van der Waals surface area contributed by atoms with E-state index in [1.807, 2.05) is 43.3 Å². The zero-order valence-corrected chi connectivity index (χ0v) is 18.0. The third-order valence-electron chi connectivity index (χ3n) is 5.90. The van der Waals surface area contributed by atoms with Crippen LogP contribution in [0.5, 0.6) is 0 Å². The molecule has 0 unspecified atom stereocenters. The highest BCUT2D eigenvalue weighted by Gasteiger charge is 2.28. The molecule has 2 heterocycles. The van der Waals surface area contributed by atoms with E-state index in [0.717, 1.165) is 38.2 Å². The van der Waals surface area contributed by atoms with Gasteiger partial charge >= 0.3 is 0 Å². The number of carbonyl (C=O) groups is 2. The predicted octanol–water partition coefficient (Wildman–Crippen LogP) is 3.45. The lowest BCUT2D eigenvalue weighted by Crippen LogP contribution is -2.46.